The highest BCUT2D eigenvalue weighted by Crippen LogP contribution is 2.32. The van der Waals surface area contributed by atoms with Crippen molar-refractivity contribution in [1.82, 2.24) is 0 Å². The third-order valence-electron chi connectivity index (χ3n) is 3.18. The molecule has 3 aromatic rings. The van der Waals surface area contributed by atoms with Crippen molar-refractivity contribution in [3.63, 3.8) is 0 Å². The minimum absolute atomic E-state index is 0.149. The summed E-state index contributed by atoms with van der Waals surface area (Å²) in [5.74, 6) is -0.628. The van der Waals surface area contributed by atoms with Crippen LogP contribution in [0.5, 0.6) is 0 Å². The maximum absolute atomic E-state index is 13.4. The van der Waals surface area contributed by atoms with Crippen molar-refractivity contribution in [3.05, 3.63) is 47.8 Å². The Balaban J connectivity index is 2.19. The number of furan rings is 1. The summed E-state index contributed by atoms with van der Waals surface area (Å²) in [5.41, 5.74) is 2.04. The molecule has 0 aliphatic heterocycles. The zero-order chi connectivity index (χ0) is 14.1. The minimum atomic E-state index is -0.328. The summed E-state index contributed by atoms with van der Waals surface area (Å²) in [5, 5.41) is 1.45. The fourth-order valence-corrected chi connectivity index (χ4v) is 2.39. The van der Waals surface area contributed by atoms with Crippen molar-refractivity contribution in [1.29, 1.82) is 0 Å². The molecule has 0 bridgehead atoms. The summed E-state index contributed by atoms with van der Waals surface area (Å²) in [4.78, 5) is 11.7. The molecule has 0 radical (unpaired) electrons. The largest absolute Gasteiger partial charge is 0.466 e. The number of carbonyl (C=O) groups excluding carboxylic acids is 1. The van der Waals surface area contributed by atoms with Gasteiger partial charge in [0.25, 0.3) is 0 Å². The van der Waals surface area contributed by atoms with Crippen LogP contribution in [-0.2, 0) is 16.0 Å². The molecular weight excluding hydrogens is 259 g/mol. The Hall–Kier alpha value is -2.36. The van der Waals surface area contributed by atoms with Crippen LogP contribution in [0.2, 0.25) is 0 Å². The lowest BCUT2D eigenvalue weighted by atomic mass is 10.0. The van der Waals surface area contributed by atoms with E-state index in [0.29, 0.717) is 23.2 Å². The van der Waals surface area contributed by atoms with E-state index < -0.39 is 0 Å². The zero-order valence-electron chi connectivity index (χ0n) is 11.0. The Labute approximate surface area is 114 Å². The summed E-state index contributed by atoms with van der Waals surface area (Å²) < 4.78 is 24.1. The molecule has 0 atom stereocenters. The Morgan fingerprint density at radius 3 is 2.90 bits per heavy atom. The molecule has 0 fully saturated rings. The van der Waals surface area contributed by atoms with Gasteiger partial charge in [0.1, 0.15) is 17.0 Å². The molecule has 0 aliphatic carbocycles. The smallest absolute Gasteiger partial charge is 0.310 e. The molecule has 20 heavy (non-hydrogen) atoms. The molecule has 1 heterocycles. The number of ether oxygens (including phenoxy) is 1. The minimum Gasteiger partial charge on any atom is -0.466 e. The molecular formula is C16H13FO3. The maximum atomic E-state index is 13.4. The van der Waals surface area contributed by atoms with Crippen LogP contribution in [0.4, 0.5) is 4.39 Å². The second-order valence-electron chi connectivity index (χ2n) is 4.51. The van der Waals surface area contributed by atoms with Crippen LogP contribution < -0.4 is 0 Å². The molecule has 2 aromatic carbocycles. The van der Waals surface area contributed by atoms with Gasteiger partial charge in [0.2, 0.25) is 0 Å². The van der Waals surface area contributed by atoms with E-state index in [9.17, 15) is 9.18 Å². The van der Waals surface area contributed by atoms with Gasteiger partial charge in [0.15, 0.2) is 0 Å². The first-order valence-corrected chi connectivity index (χ1v) is 6.44. The van der Waals surface area contributed by atoms with E-state index in [-0.39, 0.29) is 18.2 Å². The predicted molar refractivity (Wildman–Crippen MR) is 74.0 cm³/mol. The van der Waals surface area contributed by atoms with Crippen molar-refractivity contribution in [2.75, 3.05) is 6.61 Å². The fraction of sp³-hybridized carbons (Fsp3) is 0.188. The van der Waals surface area contributed by atoms with Gasteiger partial charge in [-0.1, -0.05) is 12.1 Å². The van der Waals surface area contributed by atoms with Crippen molar-refractivity contribution >= 4 is 27.9 Å². The Morgan fingerprint density at radius 1 is 1.25 bits per heavy atom. The third kappa shape index (κ3) is 2.13. The first-order chi connectivity index (χ1) is 9.69. The van der Waals surface area contributed by atoms with E-state index in [0.717, 1.165) is 10.9 Å². The van der Waals surface area contributed by atoms with Crippen molar-refractivity contribution in [3.8, 4) is 0 Å². The van der Waals surface area contributed by atoms with Crippen LogP contribution >= 0.6 is 0 Å². The van der Waals surface area contributed by atoms with Crippen LogP contribution in [0.1, 0.15) is 12.5 Å². The van der Waals surface area contributed by atoms with Gasteiger partial charge in [-0.15, -0.1) is 0 Å². The second kappa shape index (κ2) is 4.96. The van der Waals surface area contributed by atoms with Gasteiger partial charge < -0.3 is 9.15 Å². The van der Waals surface area contributed by atoms with Gasteiger partial charge in [-0.3, -0.25) is 4.79 Å². The lowest BCUT2D eigenvalue weighted by molar-refractivity contribution is -0.142. The summed E-state index contributed by atoms with van der Waals surface area (Å²) in [6.07, 6.45) is 0.149. The van der Waals surface area contributed by atoms with Crippen LogP contribution in [0, 0.1) is 5.82 Å². The summed E-state index contributed by atoms with van der Waals surface area (Å²) >= 11 is 0. The van der Waals surface area contributed by atoms with Gasteiger partial charge >= 0.3 is 5.97 Å². The molecule has 0 saturated carbocycles. The first kappa shape index (κ1) is 12.7. The number of carbonyl (C=O) groups is 1. The molecule has 0 unspecified atom stereocenters. The second-order valence-corrected chi connectivity index (χ2v) is 4.51. The average molecular weight is 272 g/mol. The molecule has 0 saturated heterocycles. The molecule has 4 heteroatoms. The summed E-state index contributed by atoms with van der Waals surface area (Å²) in [6.45, 7) is 2.11. The Bertz CT molecular complexity index is 789. The van der Waals surface area contributed by atoms with Gasteiger partial charge in [-0.05, 0) is 36.8 Å². The molecule has 3 nitrogen and oxygen atoms in total. The topological polar surface area (TPSA) is 39.4 Å². The highest BCUT2D eigenvalue weighted by molar-refractivity contribution is 6.07. The van der Waals surface area contributed by atoms with E-state index >= 15 is 0 Å². The quantitative estimate of drug-likeness (QED) is 0.680. The van der Waals surface area contributed by atoms with Crippen LogP contribution in [0.25, 0.3) is 21.9 Å². The standard InChI is InChI=1S/C16H13FO3/c1-2-19-15(18)8-10-4-3-5-14-16(10)12-9-11(17)6-7-13(12)20-14/h3-7,9H,2,8H2,1H3. The fourth-order valence-electron chi connectivity index (χ4n) is 2.39. The number of hydrogen-bond acceptors (Lipinski definition) is 3. The highest BCUT2D eigenvalue weighted by atomic mass is 19.1. The summed E-state index contributed by atoms with van der Waals surface area (Å²) in [6, 6.07) is 9.83. The van der Waals surface area contributed by atoms with E-state index in [2.05, 4.69) is 0 Å². The molecule has 102 valence electrons. The number of benzene rings is 2. The Morgan fingerprint density at radius 2 is 2.10 bits per heavy atom. The summed E-state index contributed by atoms with van der Waals surface area (Å²) in [7, 11) is 0. The van der Waals surface area contributed by atoms with Crippen LogP contribution in [0.3, 0.4) is 0 Å². The molecule has 3 rings (SSSR count). The molecule has 0 amide bonds. The van der Waals surface area contributed by atoms with Crippen LogP contribution in [-0.4, -0.2) is 12.6 Å². The van der Waals surface area contributed by atoms with E-state index in [1.807, 2.05) is 18.2 Å². The molecule has 0 aliphatic rings. The molecule has 0 spiro atoms. The van der Waals surface area contributed by atoms with Gasteiger partial charge in [-0.25, -0.2) is 4.39 Å². The lowest BCUT2D eigenvalue weighted by Crippen LogP contribution is -2.07. The van der Waals surface area contributed by atoms with Crippen molar-refractivity contribution in [2.45, 2.75) is 13.3 Å². The Kier molecular flexibility index (Phi) is 3.14. The predicted octanol–water partition coefficient (Wildman–Crippen LogP) is 3.83. The van der Waals surface area contributed by atoms with Crippen molar-refractivity contribution < 1.29 is 18.3 Å². The highest BCUT2D eigenvalue weighted by Gasteiger charge is 2.14. The number of hydrogen-bond donors (Lipinski definition) is 0. The van der Waals surface area contributed by atoms with Gasteiger partial charge in [0, 0.05) is 10.8 Å². The van der Waals surface area contributed by atoms with E-state index in [1.165, 1.54) is 12.1 Å². The molecule has 1 aromatic heterocycles. The van der Waals surface area contributed by atoms with Gasteiger partial charge in [0.05, 0.1) is 13.0 Å². The van der Waals surface area contributed by atoms with E-state index in [4.69, 9.17) is 9.15 Å². The number of esters is 1. The van der Waals surface area contributed by atoms with Crippen LogP contribution in [0.15, 0.2) is 40.8 Å². The first-order valence-electron chi connectivity index (χ1n) is 6.44. The number of fused-ring (bicyclic) bond motifs is 3. The lowest BCUT2D eigenvalue weighted by Gasteiger charge is -2.03. The van der Waals surface area contributed by atoms with Crippen molar-refractivity contribution in [2.24, 2.45) is 0 Å². The normalized spacial score (nSPS) is 11.1. The monoisotopic (exact) mass is 272 g/mol. The van der Waals surface area contributed by atoms with E-state index in [1.54, 1.807) is 13.0 Å². The van der Waals surface area contributed by atoms with Gasteiger partial charge in [-0.2, -0.15) is 0 Å². The maximum Gasteiger partial charge on any atom is 0.310 e. The number of rotatable bonds is 3. The third-order valence-corrected chi connectivity index (χ3v) is 3.18. The average Bonchev–Trinajstić information content (AvgIpc) is 2.77. The number of halogens is 1. The SMILES string of the molecule is CCOC(=O)Cc1cccc2oc3ccc(F)cc3c12. The molecule has 0 N–H and O–H groups in total. The zero-order valence-corrected chi connectivity index (χ0v) is 11.0.